The van der Waals surface area contributed by atoms with Gasteiger partial charge in [0.25, 0.3) is 0 Å². The highest BCUT2D eigenvalue weighted by molar-refractivity contribution is 5.94. The van der Waals surface area contributed by atoms with Crippen LogP contribution in [0.4, 0.5) is 5.82 Å². The molecule has 6 heteroatoms. The molecular formula is C19H27N3O3. The SMILES string of the molecule is COC(=O)c1cccnc1N1CCC[C@]2(CCC(=O)N(C(C)C)C2)C1. The molecule has 0 radical (unpaired) electrons. The molecule has 6 nitrogen and oxygen atoms in total. The Balaban J connectivity index is 1.85. The van der Waals surface area contributed by atoms with Gasteiger partial charge in [0, 0.05) is 43.7 Å². The molecule has 0 aliphatic carbocycles. The van der Waals surface area contributed by atoms with Gasteiger partial charge in [0.15, 0.2) is 0 Å². The molecule has 2 aliphatic heterocycles. The fourth-order valence-corrected chi connectivity index (χ4v) is 4.15. The van der Waals surface area contributed by atoms with E-state index in [0.717, 1.165) is 38.9 Å². The van der Waals surface area contributed by atoms with Crippen molar-refractivity contribution in [2.24, 2.45) is 5.41 Å². The second-order valence-corrected chi connectivity index (χ2v) is 7.51. The number of piperidine rings is 2. The average molecular weight is 345 g/mol. The Morgan fingerprint density at radius 3 is 2.84 bits per heavy atom. The van der Waals surface area contributed by atoms with Crippen molar-refractivity contribution in [2.45, 2.75) is 45.6 Å². The van der Waals surface area contributed by atoms with Crippen molar-refractivity contribution in [3.8, 4) is 0 Å². The molecule has 136 valence electrons. The van der Waals surface area contributed by atoms with E-state index >= 15 is 0 Å². The van der Waals surface area contributed by atoms with Gasteiger partial charge in [-0.05, 0) is 45.2 Å². The maximum atomic E-state index is 12.2. The lowest BCUT2D eigenvalue weighted by molar-refractivity contribution is -0.140. The molecule has 0 aromatic carbocycles. The first-order valence-corrected chi connectivity index (χ1v) is 9.03. The zero-order chi connectivity index (χ0) is 18.0. The Labute approximate surface area is 149 Å². The van der Waals surface area contributed by atoms with Crippen LogP contribution in [0, 0.1) is 5.41 Å². The van der Waals surface area contributed by atoms with E-state index in [-0.39, 0.29) is 23.3 Å². The van der Waals surface area contributed by atoms with Gasteiger partial charge in [-0.2, -0.15) is 0 Å². The molecular weight excluding hydrogens is 318 g/mol. The summed E-state index contributed by atoms with van der Waals surface area (Å²) in [6.07, 6.45) is 5.38. The second-order valence-electron chi connectivity index (χ2n) is 7.51. The quantitative estimate of drug-likeness (QED) is 0.788. The number of carbonyl (C=O) groups is 2. The molecule has 2 fully saturated rings. The summed E-state index contributed by atoms with van der Waals surface area (Å²) in [6, 6.07) is 3.75. The third-order valence-electron chi connectivity index (χ3n) is 5.47. The Hall–Kier alpha value is -2.11. The summed E-state index contributed by atoms with van der Waals surface area (Å²) in [5.74, 6) is 0.595. The zero-order valence-corrected chi connectivity index (χ0v) is 15.3. The summed E-state index contributed by atoms with van der Waals surface area (Å²) >= 11 is 0. The molecule has 2 aliphatic rings. The molecule has 3 rings (SSSR count). The normalized spacial score (nSPS) is 24.1. The van der Waals surface area contributed by atoms with Crippen molar-refractivity contribution in [3.05, 3.63) is 23.9 Å². The molecule has 0 N–H and O–H groups in total. The predicted molar refractivity (Wildman–Crippen MR) is 95.5 cm³/mol. The number of rotatable bonds is 3. The largest absolute Gasteiger partial charge is 0.465 e. The number of methoxy groups -OCH3 is 1. The van der Waals surface area contributed by atoms with Gasteiger partial charge < -0.3 is 14.5 Å². The smallest absolute Gasteiger partial charge is 0.341 e. The van der Waals surface area contributed by atoms with Crippen LogP contribution in [0.25, 0.3) is 0 Å². The number of ether oxygens (including phenoxy) is 1. The highest BCUT2D eigenvalue weighted by Crippen LogP contribution is 2.40. The summed E-state index contributed by atoms with van der Waals surface area (Å²) in [7, 11) is 1.39. The number of likely N-dealkylation sites (tertiary alicyclic amines) is 1. The van der Waals surface area contributed by atoms with Crippen LogP contribution in [0.3, 0.4) is 0 Å². The summed E-state index contributed by atoms with van der Waals surface area (Å²) in [6.45, 7) is 6.64. The lowest BCUT2D eigenvalue weighted by Crippen LogP contribution is -2.56. The second kappa shape index (κ2) is 7.02. The molecule has 1 atom stereocenters. The van der Waals surface area contributed by atoms with Crippen LogP contribution in [0.15, 0.2) is 18.3 Å². The molecule has 1 spiro atoms. The maximum Gasteiger partial charge on any atom is 0.341 e. The summed E-state index contributed by atoms with van der Waals surface area (Å²) in [4.78, 5) is 33.0. The lowest BCUT2D eigenvalue weighted by Gasteiger charge is -2.49. The molecule has 0 saturated carbocycles. The van der Waals surface area contributed by atoms with Gasteiger partial charge in [0.05, 0.1) is 7.11 Å². The Bertz CT molecular complexity index is 661. The topological polar surface area (TPSA) is 62.7 Å². The van der Waals surface area contributed by atoms with E-state index in [2.05, 4.69) is 23.7 Å². The minimum absolute atomic E-state index is 0.0847. The van der Waals surface area contributed by atoms with Crippen LogP contribution < -0.4 is 4.90 Å². The van der Waals surface area contributed by atoms with Crippen LogP contribution in [0.2, 0.25) is 0 Å². The number of anilines is 1. The molecule has 3 heterocycles. The number of amides is 1. The fourth-order valence-electron chi connectivity index (χ4n) is 4.15. The molecule has 0 unspecified atom stereocenters. The molecule has 1 aromatic heterocycles. The average Bonchev–Trinajstić information content (AvgIpc) is 2.63. The number of hydrogen-bond acceptors (Lipinski definition) is 5. The first kappa shape index (κ1) is 17.7. The summed E-state index contributed by atoms with van der Waals surface area (Å²) in [5, 5.41) is 0. The van der Waals surface area contributed by atoms with Crippen molar-refractivity contribution < 1.29 is 14.3 Å². The summed E-state index contributed by atoms with van der Waals surface area (Å²) < 4.78 is 4.91. The number of carbonyl (C=O) groups excluding carboxylic acids is 2. The van der Waals surface area contributed by atoms with E-state index < -0.39 is 0 Å². The van der Waals surface area contributed by atoms with Crippen molar-refractivity contribution >= 4 is 17.7 Å². The van der Waals surface area contributed by atoms with Gasteiger partial charge in [-0.1, -0.05) is 0 Å². The van der Waals surface area contributed by atoms with E-state index in [0.29, 0.717) is 17.8 Å². The molecule has 2 saturated heterocycles. The van der Waals surface area contributed by atoms with E-state index in [9.17, 15) is 9.59 Å². The first-order chi connectivity index (χ1) is 12.0. The number of hydrogen-bond donors (Lipinski definition) is 0. The Morgan fingerprint density at radius 1 is 1.32 bits per heavy atom. The van der Waals surface area contributed by atoms with Crippen molar-refractivity contribution in [1.82, 2.24) is 9.88 Å². The molecule has 25 heavy (non-hydrogen) atoms. The van der Waals surface area contributed by atoms with Crippen molar-refractivity contribution in [3.63, 3.8) is 0 Å². The van der Waals surface area contributed by atoms with Crippen LogP contribution in [-0.2, 0) is 9.53 Å². The Kier molecular flexibility index (Phi) is 4.97. The van der Waals surface area contributed by atoms with E-state index in [4.69, 9.17) is 4.74 Å². The predicted octanol–water partition coefficient (Wildman–Crippen LogP) is 2.49. The molecule has 1 amide bonds. The monoisotopic (exact) mass is 345 g/mol. The van der Waals surface area contributed by atoms with Crippen LogP contribution in [0.1, 0.15) is 49.9 Å². The number of pyridine rings is 1. The first-order valence-electron chi connectivity index (χ1n) is 9.03. The van der Waals surface area contributed by atoms with Gasteiger partial charge in [-0.3, -0.25) is 4.79 Å². The highest BCUT2D eigenvalue weighted by atomic mass is 16.5. The minimum Gasteiger partial charge on any atom is -0.465 e. The van der Waals surface area contributed by atoms with Crippen LogP contribution >= 0.6 is 0 Å². The zero-order valence-electron chi connectivity index (χ0n) is 15.3. The Morgan fingerprint density at radius 2 is 2.12 bits per heavy atom. The third kappa shape index (κ3) is 3.48. The van der Waals surface area contributed by atoms with Gasteiger partial charge in [-0.15, -0.1) is 0 Å². The van der Waals surface area contributed by atoms with Gasteiger partial charge in [-0.25, -0.2) is 9.78 Å². The van der Waals surface area contributed by atoms with E-state index in [1.54, 1.807) is 18.3 Å². The number of esters is 1. The van der Waals surface area contributed by atoms with Crippen molar-refractivity contribution in [2.75, 3.05) is 31.6 Å². The number of aromatic nitrogens is 1. The molecule has 0 bridgehead atoms. The highest BCUT2D eigenvalue weighted by Gasteiger charge is 2.43. The number of nitrogens with zero attached hydrogens (tertiary/aromatic N) is 3. The minimum atomic E-state index is -0.356. The van der Waals surface area contributed by atoms with E-state index in [1.807, 2.05) is 4.90 Å². The summed E-state index contributed by atoms with van der Waals surface area (Å²) in [5.41, 5.74) is 0.594. The fraction of sp³-hybridized carbons (Fsp3) is 0.632. The van der Waals surface area contributed by atoms with E-state index in [1.165, 1.54) is 7.11 Å². The lowest BCUT2D eigenvalue weighted by atomic mass is 9.73. The van der Waals surface area contributed by atoms with Gasteiger partial charge >= 0.3 is 5.97 Å². The van der Waals surface area contributed by atoms with Crippen LogP contribution in [-0.4, -0.2) is 54.5 Å². The van der Waals surface area contributed by atoms with Gasteiger partial charge in [0.1, 0.15) is 11.4 Å². The third-order valence-corrected chi connectivity index (χ3v) is 5.47. The standard InChI is InChI=1S/C19H27N3O3/c1-14(2)22-13-19(9-7-16(22)23)8-5-11-21(12-19)17-15(18(24)25-3)6-4-10-20-17/h4,6,10,14H,5,7-9,11-13H2,1-3H3/t19-/m0/s1. The van der Waals surface area contributed by atoms with Crippen LogP contribution in [0.5, 0.6) is 0 Å². The maximum absolute atomic E-state index is 12.2. The molecule has 1 aromatic rings. The van der Waals surface area contributed by atoms with Gasteiger partial charge in [0.2, 0.25) is 5.91 Å². The van der Waals surface area contributed by atoms with Crippen molar-refractivity contribution in [1.29, 1.82) is 0 Å².